The first-order valence-electron chi connectivity index (χ1n) is 9.72. The van der Waals surface area contributed by atoms with Gasteiger partial charge in [0.1, 0.15) is 0 Å². The Hall–Kier alpha value is 0.350. The third-order valence-corrected chi connectivity index (χ3v) is 6.19. The molecular weight excluding hydrogens is 272 g/mol. The number of thiol groups is 1. The van der Waals surface area contributed by atoms with Gasteiger partial charge in [0.15, 0.2) is 0 Å². The first-order valence-corrected chi connectivity index (χ1v) is 10.2. The van der Waals surface area contributed by atoms with Gasteiger partial charge >= 0.3 is 0 Å². The third kappa shape index (κ3) is 9.87. The van der Waals surface area contributed by atoms with Gasteiger partial charge in [0.25, 0.3) is 0 Å². The Morgan fingerprint density at radius 2 is 1.33 bits per heavy atom. The molecule has 0 saturated heterocycles. The van der Waals surface area contributed by atoms with Crippen LogP contribution in [0.15, 0.2) is 0 Å². The van der Waals surface area contributed by atoms with Gasteiger partial charge in [-0.15, -0.1) is 0 Å². The van der Waals surface area contributed by atoms with Gasteiger partial charge < -0.3 is 0 Å². The lowest BCUT2D eigenvalue weighted by Crippen LogP contribution is -2.32. The summed E-state index contributed by atoms with van der Waals surface area (Å²) in [7, 11) is 0. The van der Waals surface area contributed by atoms with Crippen LogP contribution in [-0.4, -0.2) is 4.75 Å². The van der Waals surface area contributed by atoms with E-state index in [0.29, 0.717) is 0 Å². The molecule has 0 aromatic rings. The van der Waals surface area contributed by atoms with Crippen LogP contribution in [0.25, 0.3) is 0 Å². The van der Waals surface area contributed by atoms with Crippen molar-refractivity contribution in [3.63, 3.8) is 0 Å². The van der Waals surface area contributed by atoms with Gasteiger partial charge in [-0.2, -0.15) is 12.6 Å². The summed E-state index contributed by atoms with van der Waals surface area (Å²) in [6, 6.07) is 0. The minimum absolute atomic E-state index is 0.261. The summed E-state index contributed by atoms with van der Waals surface area (Å²) in [6.45, 7) is 11.8. The minimum atomic E-state index is 0.261. The zero-order valence-corrected chi connectivity index (χ0v) is 16.5. The fourth-order valence-corrected chi connectivity index (χ4v) is 4.01. The lowest BCUT2D eigenvalue weighted by atomic mass is 9.79. The lowest BCUT2D eigenvalue weighted by Gasteiger charge is -2.36. The molecule has 3 unspecified atom stereocenters. The summed E-state index contributed by atoms with van der Waals surface area (Å²) >= 11 is 5.12. The molecule has 0 N–H and O–H groups in total. The summed E-state index contributed by atoms with van der Waals surface area (Å²) in [5.41, 5.74) is 0. The second kappa shape index (κ2) is 12.9. The Labute approximate surface area is 141 Å². The number of rotatable bonds is 14. The van der Waals surface area contributed by atoms with Crippen LogP contribution in [0.1, 0.15) is 112 Å². The molecule has 0 radical (unpaired) electrons. The number of hydrogen-bond donors (Lipinski definition) is 1. The van der Waals surface area contributed by atoms with Gasteiger partial charge in [0.2, 0.25) is 0 Å². The molecule has 3 atom stereocenters. The highest BCUT2D eigenvalue weighted by atomic mass is 32.1. The second-order valence-electron chi connectivity index (χ2n) is 7.37. The molecule has 0 bridgehead atoms. The SMILES string of the molecule is CCCCCCCCCC(C)C(S)(CC)CC(C)CCC. The Kier molecular flexibility index (Phi) is 13.1. The zero-order valence-electron chi connectivity index (χ0n) is 15.6. The average Bonchev–Trinajstić information content (AvgIpc) is 2.46. The first kappa shape index (κ1) is 21.4. The summed E-state index contributed by atoms with van der Waals surface area (Å²) in [6.07, 6.45) is 16.4. The number of hydrogen-bond acceptors (Lipinski definition) is 1. The van der Waals surface area contributed by atoms with Gasteiger partial charge in [0.05, 0.1) is 0 Å². The van der Waals surface area contributed by atoms with Crippen molar-refractivity contribution in [2.45, 2.75) is 116 Å². The van der Waals surface area contributed by atoms with E-state index in [1.54, 1.807) is 0 Å². The van der Waals surface area contributed by atoms with Crippen LogP contribution in [0.2, 0.25) is 0 Å². The van der Waals surface area contributed by atoms with E-state index in [4.69, 9.17) is 12.6 Å². The molecular formula is C20H42S. The fraction of sp³-hybridized carbons (Fsp3) is 1.00. The van der Waals surface area contributed by atoms with Gasteiger partial charge in [-0.25, -0.2) is 0 Å². The smallest absolute Gasteiger partial charge is 0.0155 e. The quantitative estimate of drug-likeness (QED) is 0.247. The van der Waals surface area contributed by atoms with Crippen molar-refractivity contribution in [3.05, 3.63) is 0 Å². The summed E-state index contributed by atoms with van der Waals surface area (Å²) in [5.74, 6) is 1.57. The Bertz CT molecular complexity index is 226. The molecule has 21 heavy (non-hydrogen) atoms. The molecule has 0 fully saturated rings. The van der Waals surface area contributed by atoms with Crippen molar-refractivity contribution >= 4 is 12.6 Å². The van der Waals surface area contributed by atoms with Crippen molar-refractivity contribution in [1.29, 1.82) is 0 Å². The predicted octanol–water partition coefficient (Wildman–Crippen LogP) is 7.67. The predicted molar refractivity (Wildman–Crippen MR) is 102 cm³/mol. The minimum Gasteiger partial charge on any atom is -0.172 e. The molecule has 0 heterocycles. The Morgan fingerprint density at radius 1 is 0.762 bits per heavy atom. The van der Waals surface area contributed by atoms with E-state index in [2.05, 4.69) is 34.6 Å². The Balaban J connectivity index is 3.94. The molecule has 0 spiro atoms. The highest BCUT2D eigenvalue weighted by Gasteiger charge is 2.31. The van der Waals surface area contributed by atoms with Crippen LogP contribution in [0.3, 0.4) is 0 Å². The lowest BCUT2D eigenvalue weighted by molar-refractivity contribution is 0.295. The molecule has 0 amide bonds. The van der Waals surface area contributed by atoms with Crippen LogP contribution >= 0.6 is 12.6 Å². The molecule has 0 aliphatic heterocycles. The molecule has 0 aromatic carbocycles. The zero-order chi connectivity index (χ0) is 16.1. The van der Waals surface area contributed by atoms with E-state index >= 15 is 0 Å². The van der Waals surface area contributed by atoms with Crippen LogP contribution in [0.5, 0.6) is 0 Å². The fourth-order valence-electron chi connectivity index (χ4n) is 3.57. The summed E-state index contributed by atoms with van der Waals surface area (Å²) in [5, 5.41) is 0. The maximum Gasteiger partial charge on any atom is 0.0155 e. The van der Waals surface area contributed by atoms with Gasteiger partial charge in [-0.3, -0.25) is 0 Å². The monoisotopic (exact) mass is 314 g/mol. The van der Waals surface area contributed by atoms with E-state index in [1.165, 1.54) is 77.0 Å². The van der Waals surface area contributed by atoms with Crippen molar-refractivity contribution in [2.24, 2.45) is 11.8 Å². The van der Waals surface area contributed by atoms with Crippen molar-refractivity contribution < 1.29 is 0 Å². The molecule has 128 valence electrons. The van der Waals surface area contributed by atoms with Crippen LogP contribution < -0.4 is 0 Å². The normalized spacial score (nSPS) is 17.4. The average molecular weight is 315 g/mol. The topological polar surface area (TPSA) is 0 Å². The molecule has 0 aliphatic carbocycles. The molecule has 1 heteroatoms. The van der Waals surface area contributed by atoms with Crippen LogP contribution in [0, 0.1) is 11.8 Å². The molecule has 0 aromatic heterocycles. The van der Waals surface area contributed by atoms with E-state index in [-0.39, 0.29) is 4.75 Å². The maximum absolute atomic E-state index is 5.12. The third-order valence-electron chi connectivity index (χ3n) is 5.25. The maximum atomic E-state index is 5.12. The molecule has 0 nitrogen and oxygen atoms in total. The molecule has 0 saturated carbocycles. The summed E-state index contributed by atoms with van der Waals surface area (Å²) in [4.78, 5) is 0. The largest absolute Gasteiger partial charge is 0.172 e. The van der Waals surface area contributed by atoms with Crippen molar-refractivity contribution in [1.82, 2.24) is 0 Å². The standard InChI is InChI=1S/C20H42S/c1-6-9-10-11-12-13-14-16-19(5)20(21,8-3)17-18(4)15-7-2/h18-19,21H,6-17H2,1-5H3. The van der Waals surface area contributed by atoms with Gasteiger partial charge in [-0.1, -0.05) is 92.4 Å². The van der Waals surface area contributed by atoms with E-state index in [9.17, 15) is 0 Å². The highest BCUT2D eigenvalue weighted by Crippen LogP contribution is 2.38. The van der Waals surface area contributed by atoms with E-state index < -0.39 is 0 Å². The van der Waals surface area contributed by atoms with Crippen LogP contribution in [0.4, 0.5) is 0 Å². The van der Waals surface area contributed by atoms with Gasteiger partial charge in [-0.05, 0) is 31.1 Å². The highest BCUT2D eigenvalue weighted by molar-refractivity contribution is 7.81. The van der Waals surface area contributed by atoms with Crippen LogP contribution in [-0.2, 0) is 0 Å². The van der Waals surface area contributed by atoms with E-state index in [1.807, 2.05) is 0 Å². The van der Waals surface area contributed by atoms with Crippen molar-refractivity contribution in [2.75, 3.05) is 0 Å². The first-order chi connectivity index (χ1) is 10.00. The van der Waals surface area contributed by atoms with Gasteiger partial charge in [0, 0.05) is 4.75 Å². The second-order valence-corrected chi connectivity index (χ2v) is 8.26. The van der Waals surface area contributed by atoms with Crippen molar-refractivity contribution in [3.8, 4) is 0 Å². The van der Waals surface area contributed by atoms with E-state index in [0.717, 1.165) is 11.8 Å². The molecule has 0 aliphatic rings. The Morgan fingerprint density at radius 3 is 1.86 bits per heavy atom. The number of unbranched alkanes of at least 4 members (excludes halogenated alkanes) is 6. The molecule has 0 rings (SSSR count). The summed E-state index contributed by atoms with van der Waals surface area (Å²) < 4.78 is 0.261.